The lowest BCUT2D eigenvalue weighted by atomic mass is 9.84. The lowest BCUT2D eigenvalue weighted by molar-refractivity contribution is 0.0649. The van der Waals surface area contributed by atoms with Gasteiger partial charge in [0, 0.05) is 5.41 Å². The molecule has 1 aliphatic heterocycles. The molecular formula is C9H12N2O3S. The number of hydrogen-bond acceptors (Lipinski definition) is 5. The van der Waals surface area contributed by atoms with E-state index >= 15 is 0 Å². The Bertz CT molecular complexity index is 371. The normalized spacial score (nSPS) is 20.1. The van der Waals surface area contributed by atoms with E-state index in [-0.39, 0.29) is 11.3 Å². The summed E-state index contributed by atoms with van der Waals surface area (Å²) in [6.45, 7) is 2.05. The van der Waals surface area contributed by atoms with Crippen LogP contribution in [0.25, 0.3) is 0 Å². The van der Waals surface area contributed by atoms with E-state index in [0.717, 1.165) is 24.3 Å². The van der Waals surface area contributed by atoms with Crippen LogP contribution >= 0.6 is 11.8 Å². The van der Waals surface area contributed by atoms with E-state index in [1.807, 2.05) is 18.7 Å². The fourth-order valence-corrected chi connectivity index (χ4v) is 2.98. The van der Waals surface area contributed by atoms with Crippen molar-refractivity contribution < 1.29 is 14.3 Å². The first kappa shape index (κ1) is 10.5. The summed E-state index contributed by atoms with van der Waals surface area (Å²) in [5, 5.41) is 16.0. The summed E-state index contributed by atoms with van der Waals surface area (Å²) < 4.78 is 5.16. The minimum atomic E-state index is -1.16. The SMILES string of the molecule is CC1(c2nnc(C(=O)O)o2)CCSCC1. The Morgan fingerprint density at radius 1 is 1.47 bits per heavy atom. The van der Waals surface area contributed by atoms with Gasteiger partial charge >= 0.3 is 11.9 Å². The highest BCUT2D eigenvalue weighted by atomic mass is 32.2. The number of rotatable bonds is 2. The Balaban J connectivity index is 2.23. The van der Waals surface area contributed by atoms with Gasteiger partial charge in [0.15, 0.2) is 0 Å². The summed E-state index contributed by atoms with van der Waals surface area (Å²) in [5.74, 6) is 1.09. The number of carboxylic acid groups (broad SMARTS) is 1. The summed E-state index contributed by atoms with van der Waals surface area (Å²) in [4.78, 5) is 10.6. The number of hydrogen-bond donors (Lipinski definition) is 1. The van der Waals surface area contributed by atoms with Gasteiger partial charge in [-0.15, -0.1) is 10.2 Å². The van der Waals surface area contributed by atoms with E-state index < -0.39 is 5.97 Å². The van der Waals surface area contributed by atoms with Gasteiger partial charge in [0.1, 0.15) is 0 Å². The van der Waals surface area contributed by atoms with Gasteiger partial charge in [0.2, 0.25) is 5.89 Å². The van der Waals surface area contributed by atoms with Gasteiger partial charge in [-0.05, 0) is 24.3 Å². The molecule has 0 bridgehead atoms. The highest BCUT2D eigenvalue weighted by molar-refractivity contribution is 7.99. The summed E-state index contributed by atoms with van der Waals surface area (Å²) in [5.41, 5.74) is -0.147. The van der Waals surface area contributed by atoms with Crippen molar-refractivity contribution >= 4 is 17.7 Å². The standard InChI is InChI=1S/C9H12N2O3S/c1-9(2-4-15-5-3-9)8-11-10-6(14-8)7(12)13/h2-5H2,1H3,(H,12,13). The van der Waals surface area contributed by atoms with Crippen LogP contribution < -0.4 is 0 Å². The van der Waals surface area contributed by atoms with Crippen molar-refractivity contribution in [3.63, 3.8) is 0 Å². The third kappa shape index (κ3) is 1.99. The highest BCUT2D eigenvalue weighted by Crippen LogP contribution is 2.36. The molecule has 2 heterocycles. The van der Waals surface area contributed by atoms with E-state index in [4.69, 9.17) is 9.52 Å². The van der Waals surface area contributed by atoms with Gasteiger partial charge in [-0.2, -0.15) is 11.8 Å². The largest absolute Gasteiger partial charge is 0.474 e. The zero-order valence-electron chi connectivity index (χ0n) is 8.39. The molecule has 0 amide bonds. The average Bonchev–Trinajstić information content (AvgIpc) is 2.68. The van der Waals surface area contributed by atoms with Gasteiger partial charge in [0.25, 0.3) is 0 Å². The first-order chi connectivity index (χ1) is 7.12. The molecule has 0 unspecified atom stereocenters. The Hall–Kier alpha value is -1.04. The van der Waals surface area contributed by atoms with Crippen LogP contribution in [0.15, 0.2) is 4.42 Å². The number of carbonyl (C=O) groups is 1. The molecule has 15 heavy (non-hydrogen) atoms. The van der Waals surface area contributed by atoms with E-state index in [2.05, 4.69) is 10.2 Å². The van der Waals surface area contributed by atoms with Crippen molar-refractivity contribution in [3.05, 3.63) is 11.8 Å². The van der Waals surface area contributed by atoms with Gasteiger partial charge in [0.05, 0.1) is 0 Å². The monoisotopic (exact) mass is 228 g/mol. The Kier molecular flexibility index (Phi) is 2.68. The highest BCUT2D eigenvalue weighted by Gasteiger charge is 2.35. The zero-order chi connectivity index (χ0) is 10.9. The lowest BCUT2D eigenvalue weighted by Crippen LogP contribution is -2.27. The van der Waals surface area contributed by atoms with Gasteiger partial charge < -0.3 is 9.52 Å². The molecule has 82 valence electrons. The maximum absolute atomic E-state index is 10.6. The minimum absolute atomic E-state index is 0.147. The van der Waals surface area contributed by atoms with Crippen LogP contribution in [0.1, 0.15) is 36.3 Å². The van der Waals surface area contributed by atoms with Crippen molar-refractivity contribution in [2.45, 2.75) is 25.2 Å². The van der Waals surface area contributed by atoms with E-state index in [1.54, 1.807) is 0 Å². The Morgan fingerprint density at radius 2 is 2.13 bits per heavy atom. The molecule has 0 aromatic carbocycles. The van der Waals surface area contributed by atoms with E-state index in [0.29, 0.717) is 5.89 Å². The van der Waals surface area contributed by atoms with Crippen molar-refractivity contribution in [1.29, 1.82) is 0 Å². The summed E-state index contributed by atoms with van der Waals surface area (Å²) in [6, 6.07) is 0. The summed E-state index contributed by atoms with van der Waals surface area (Å²) >= 11 is 1.90. The average molecular weight is 228 g/mol. The van der Waals surface area contributed by atoms with Crippen LogP contribution in [0.4, 0.5) is 0 Å². The molecule has 0 atom stereocenters. The van der Waals surface area contributed by atoms with Gasteiger partial charge in [-0.25, -0.2) is 4.79 Å². The zero-order valence-corrected chi connectivity index (χ0v) is 9.21. The molecule has 6 heteroatoms. The van der Waals surface area contributed by atoms with Crippen LogP contribution in [-0.2, 0) is 5.41 Å². The summed E-state index contributed by atoms with van der Waals surface area (Å²) in [7, 11) is 0. The molecule has 1 aromatic rings. The molecule has 0 radical (unpaired) electrons. The van der Waals surface area contributed by atoms with Gasteiger partial charge in [-0.1, -0.05) is 6.92 Å². The summed E-state index contributed by atoms with van der Waals surface area (Å²) in [6.07, 6.45) is 1.91. The van der Waals surface area contributed by atoms with Crippen LogP contribution in [0, 0.1) is 0 Å². The second-order valence-electron chi connectivity index (χ2n) is 3.89. The molecule has 0 spiro atoms. The fourth-order valence-electron chi connectivity index (χ4n) is 1.59. The van der Waals surface area contributed by atoms with Crippen LogP contribution in [-0.4, -0.2) is 32.8 Å². The predicted octanol–water partition coefficient (Wildman–Crippen LogP) is 1.55. The van der Waals surface area contributed by atoms with Gasteiger partial charge in [-0.3, -0.25) is 0 Å². The second-order valence-corrected chi connectivity index (χ2v) is 5.12. The Morgan fingerprint density at radius 3 is 2.67 bits per heavy atom. The molecule has 2 rings (SSSR count). The molecule has 1 N–H and O–H groups in total. The van der Waals surface area contributed by atoms with Crippen molar-refractivity contribution in [2.24, 2.45) is 0 Å². The van der Waals surface area contributed by atoms with Crippen molar-refractivity contribution in [2.75, 3.05) is 11.5 Å². The van der Waals surface area contributed by atoms with Crippen LogP contribution in [0.3, 0.4) is 0 Å². The number of aromatic carboxylic acids is 1. The van der Waals surface area contributed by atoms with Crippen LogP contribution in [0.2, 0.25) is 0 Å². The molecule has 1 fully saturated rings. The van der Waals surface area contributed by atoms with E-state index in [9.17, 15) is 4.79 Å². The smallest absolute Gasteiger partial charge is 0.393 e. The lowest BCUT2D eigenvalue weighted by Gasteiger charge is -2.29. The molecular weight excluding hydrogens is 216 g/mol. The number of nitrogens with zero attached hydrogens (tertiary/aromatic N) is 2. The number of thioether (sulfide) groups is 1. The van der Waals surface area contributed by atoms with Crippen molar-refractivity contribution in [3.8, 4) is 0 Å². The first-order valence-electron chi connectivity index (χ1n) is 4.77. The second kappa shape index (κ2) is 3.84. The van der Waals surface area contributed by atoms with E-state index in [1.165, 1.54) is 0 Å². The predicted molar refractivity (Wildman–Crippen MR) is 55.2 cm³/mol. The number of aromatic nitrogens is 2. The minimum Gasteiger partial charge on any atom is -0.474 e. The quantitative estimate of drug-likeness (QED) is 0.827. The third-order valence-electron chi connectivity index (χ3n) is 2.72. The maximum Gasteiger partial charge on any atom is 0.393 e. The molecule has 5 nitrogen and oxygen atoms in total. The fraction of sp³-hybridized carbons (Fsp3) is 0.667. The first-order valence-corrected chi connectivity index (χ1v) is 5.92. The Labute approximate surface area is 91.3 Å². The topological polar surface area (TPSA) is 76.2 Å². The maximum atomic E-state index is 10.6. The molecule has 0 aliphatic carbocycles. The van der Waals surface area contributed by atoms with Crippen molar-refractivity contribution in [1.82, 2.24) is 10.2 Å². The molecule has 1 aliphatic rings. The van der Waals surface area contributed by atoms with Crippen LogP contribution in [0.5, 0.6) is 0 Å². The third-order valence-corrected chi connectivity index (χ3v) is 3.71. The molecule has 1 saturated heterocycles. The molecule has 1 aromatic heterocycles. The number of carboxylic acids is 1. The molecule has 0 saturated carbocycles.